The lowest BCUT2D eigenvalue weighted by Gasteiger charge is -1.98. The van der Waals surface area contributed by atoms with Gasteiger partial charge in [-0.15, -0.1) is 0 Å². The van der Waals surface area contributed by atoms with E-state index in [4.69, 9.17) is 15.6 Å². The summed E-state index contributed by atoms with van der Waals surface area (Å²) in [6.07, 6.45) is 5.22. The highest BCUT2D eigenvalue weighted by atomic mass is 79.9. The monoisotopic (exact) mass is 433 g/mol. The molecule has 10 heteroatoms. The first-order valence-electron chi connectivity index (χ1n) is 5.85. The maximum atomic E-state index is 11.8. The zero-order valence-corrected chi connectivity index (χ0v) is 14.3. The number of aromatic nitrogens is 3. The minimum absolute atomic E-state index is 0.180. The number of carbonyl (C=O) groups is 2. The lowest BCUT2D eigenvalue weighted by molar-refractivity contribution is -0.122. The highest BCUT2D eigenvalue weighted by molar-refractivity contribution is 9.13. The molecular formula is C12H13Br2N5O3. The normalized spacial score (nSPS) is 10.1. The molecule has 0 unspecified atom stereocenters. The van der Waals surface area contributed by atoms with Crippen LogP contribution in [0.1, 0.15) is 16.2 Å². The molecule has 0 atom stereocenters. The van der Waals surface area contributed by atoms with Gasteiger partial charge in [0.15, 0.2) is 5.95 Å². The van der Waals surface area contributed by atoms with Gasteiger partial charge in [0.05, 0.1) is 21.0 Å². The van der Waals surface area contributed by atoms with Crippen LogP contribution in [0.2, 0.25) is 0 Å². The van der Waals surface area contributed by atoms with Gasteiger partial charge in [0.2, 0.25) is 0 Å². The van der Waals surface area contributed by atoms with Crippen LogP contribution in [-0.4, -0.2) is 39.0 Å². The summed E-state index contributed by atoms with van der Waals surface area (Å²) in [6, 6.07) is 1.71. The van der Waals surface area contributed by atoms with E-state index in [9.17, 15) is 4.79 Å². The number of H-pyrrole nitrogens is 2. The van der Waals surface area contributed by atoms with E-state index in [2.05, 4.69) is 52.1 Å². The van der Waals surface area contributed by atoms with Crippen molar-refractivity contribution in [1.29, 1.82) is 0 Å². The Labute approximate surface area is 142 Å². The molecule has 0 aromatic carbocycles. The SMILES string of the molecule is Nc1ncc(/C=C/CNC(=O)c2cc(Br)c(Br)[nH]2)[nH]1.O=CO. The smallest absolute Gasteiger partial charge is 0.290 e. The summed E-state index contributed by atoms with van der Waals surface area (Å²) in [4.78, 5) is 29.7. The largest absolute Gasteiger partial charge is 0.483 e. The van der Waals surface area contributed by atoms with E-state index in [1.54, 1.807) is 24.4 Å². The molecule has 0 bridgehead atoms. The van der Waals surface area contributed by atoms with Crippen LogP contribution in [0, 0.1) is 0 Å². The highest BCUT2D eigenvalue weighted by Crippen LogP contribution is 2.22. The number of amides is 1. The summed E-state index contributed by atoms with van der Waals surface area (Å²) in [7, 11) is 0. The van der Waals surface area contributed by atoms with Crippen molar-refractivity contribution in [3.63, 3.8) is 0 Å². The minimum atomic E-state index is -0.250. The Morgan fingerprint density at radius 3 is 2.64 bits per heavy atom. The van der Waals surface area contributed by atoms with Crippen LogP contribution < -0.4 is 11.1 Å². The lowest BCUT2D eigenvalue weighted by Crippen LogP contribution is -2.23. The van der Waals surface area contributed by atoms with Gasteiger partial charge in [-0.1, -0.05) is 6.08 Å². The number of hydrogen-bond acceptors (Lipinski definition) is 4. The number of carboxylic acid groups (broad SMARTS) is 1. The van der Waals surface area contributed by atoms with E-state index in [1.165, 1.54) is 0 Å². The molecule has 2 heterocycles. The fourth-order valence-electron chi connectivity index (χ4n) is 1.40. The molecule has 0 saturated heterocycles. The number of rotatable bonds is 4. The minimum Gasteiger partial charge on any atom is -0.483 e. The molecule has 0 saturated carbocycles. The first-order chi connectivity index (χ1) is 10.5. The van der Waals surface area contributed by atoms with Crippen molar-refractivity contribution in [3.05, 3.63) is 38.8 Å². The Kier molecular flexibility index (Phi) is 7.40. The van der Waals surface area contributed by atoms with Gasteiger partial charge in [0.1, 0.15) is 5.69 Å². The van der Waals surface area contributed by atoms with Crippen molar-refractivity contribution in [1.82, 2.24) is 20.3 Å². The van der Waals surface area contributed by atoms with E-state index < -0.39 is 0 Å². The molecule has 6 N–H and O–H groups in total. The van der Waals surface area contributed by atoms with Gasteiger partial charge in [-0.25, -0.2) is 4.98 Å². The Morgan fingerprint density at radius 1 is 1.45 bits per heavy atom. The van der Waals surface area contributed by atoms with Crippen LogP contribution in [-0.2, 0) is 4.79 Å². The van der Waals surface area contributed by atoms with Crippen LogP contribution in [0.4, 0.5) is 5.95 Å². The Bertz CT molecular complexity index is 646. The van der Waals surface area contributed by atoms with E-state index in [0.29, 0.717) is 18.2 Å². The van der Waals surface area contributed by atoms with Crippen LogP contribution >= 0.6 is 31.9 Å². The highest BCUT2D eigenvalue weighted by Gasteiger charge is 2.09. The summed E-state index contributed by atoms with van der Waals surface area (Å²) >= 11 is 6.58. The summed E-state index contributed by atoms with van der Waals surface area (Å²) < 4.78 is 1.54. The Hall–Kier alpha value is -2.07. The molecule has 2 rings (SSSR count). The van der Waals surface area contributed by atoms with E-state index >= 15 is 0 Å². The van der Waals surface area contributed by atoms with Gasteiger partial charge in [-0.3, -0.25) is 9.59 Å². The summed E-state index contributed by atoms with van der Waals surface area (Å²) in [5.41, 5.74) is 6.71. The second-order valence-corrected chi connectivity index (χ2v) is 5.43. The van der Waals surface area contributed by atoms with Gasteiger partial charge >= 0.3 is 0 Å². The van der Waals surface area contributed by atoms with Gasteiger partial charge in [0.25, 0.3) is 12.4 Å². The maximum Gasteiger partial charge on any atom is 0.290 e. The average Bonchev–Trinajstić information content (AvgIpc) is 3.02. The number of nitrogens with zero attached hydrogens (tertiary/aromatic N) is 1. The first kappa shape index (κ1) is 18.0. The predicted octanol–water partition coefficient (Wildman–Crippen LogP) is 1.99. The van der Waals surface area contributed by atoms with Crippen molar-refractivity contribution in [3.8, 4) is 0 Å². The number of anilines is 1. The second kappa shape index (κ2) is 9.05. The molecule has 0 aliphatic heterocycles. The fraction of sp³-hybridized carbons (Fsp3) is 0.0833. The zero-order valence-electron chi connectivity index (χ0n) is 11.1. The Morgan fingerprint density at radius 2 is 2.14 bits per heavy atom. The second-order valence-electron chi connectivity index (χ2n) is 3.79. The number of hydrogen-bond donors (Lipinski definition) is 5. The van der Waals surface area contributed by atoms with E-state index in [0.717, 1.165) is 14.8 Å². The predicted molar refractivity (Wildman–Crippen MR) is 89.3 cm³/mol. The van der Waals surface area contributed by atoms with Crippen LogP contribution in [0.5, 0.6) is 0 Å². The molecule has 118 valence electrons. The third kappa shape index (κ3) is 5.74. The van der Waals surface area contributed by atoms with Crippen molar-refractivity contribution in [2.24, 2.45) is 0 Å². The lowest BCUT2D eigenvalue weighted by atomic mass is 10.4. The molecule has 22 heavy (non-hydrogen) atoms. The number of nitrogens with one attached hydrogen (secondary N) is 3. The van der Waals surface area contributed by atoms with Crippen molar-refractivity contribution in [2.45, 2.75) is 0 Å². The van der Waals surface area contributed by atoms with Gasteiger partial charge in [0, 0.05) is 6.54 Å². The summed E-state index contributed by atoms with van der Waals surface area (Å²) in [5.74, 6) is 0.185. The van der Waals surface area contributed by atoms with Crippen LogP contribution in [0.15, 0.2) is 27.4 Å². The topological polar surface area (TPSA) is 137 Å². The zero-order chi connectivity index (χ0) is 16.5. The summed E-state index contributed by atoms with van der Waals surface area (Å²) in [6.45, 7) is 0.159. The number of carbonyl (C=O) groups excluding carboxylic acids is 1. The van der Waals surface area contributed by atoms with Crippen LogP contribution in [0.25, 0.3) is 6.08 Å². The molecule has 1 amide bonds. The molecule has 2 aromatic rings. The third-order valence-corrected chi connectivity index (χ3v) is 4.05. The van der Waals surface area contributed by atoms with Crippen molar-refractivity contribution >= 4 is 56.3 Å². The number of halogens is 2. The summed E-state index contributed by atoms with van der Waals surface area (Å²) in [5, 5.41) is 9.64. The number of nitrogens with two attached hydrogens (primary N) is 1. The number of aromatic amines is 2. The quantitative estimate of drug-likeness (QED) is 0.468. The molecule has 0 spiro atoms. The first-order valence-corrected chi connectivity index (χ1v) is 7.43. The number of nitrogen functional groups attached to an aromatic ring is 1. The Balaban J connectivity index is 0.000000745. The third-order valence-electron chi connectivity index (χ3n) is 2.26. The molecule has 8 nitrogen and oxygen atoms in total. The molecular weight excluding hydrogens is 422 g/mol. The van der Waals surface area contributed by atoms with Gasteiger partial charge in [-0.2, -0.15) is 0 Å². The van der Waals surface area contributed by atoms with Crippen molar-refractivity contribution < 1.29 is 14.7 Å². The molecule has 0 aliphatic rings. The van der Waals surface area contributed by atoms with Gasteiger partial charge < -0.3 is 26.1 Å². The van der Waals surface area contributed by atoms with E-state index in [1.807, 2.05) is 0 Å². The van der Waals surface area contributed by atoms with Crippen molar-refractivity contribution in [2.75, 3.05) is 12.3 Å². The molecule has 0 aliphatic carbocycles. The van der Waals surface area contributed by atoms with Gasteiger partial charge in [-0.05, 0) is 44.0 Å². The average molecular weight is 435 g/mol. The standard InChI is InChI=1S/C11H11Br2N5O.CH2O2/c12-7-4-8(18-9(7)13)10(19)15-3-1-2-6-5-16-11(14)17-6;2-1-3/h1-2,4-5,18H,3H2,(H,15,19)(H3,14,16,17);1H,(H,2,3)/b2-1+;. The number of imidazole rings is 1. The molecule has 2 aromatic heterocycles. The molecule has 0 fully saturated rings. The molecule has 0 radical (unpaired) electrons. The van der Waals surface area contributed by atoms with Crippen LogP contribution in [0.3, 0.4) is 0 Å². The van der Waals surface area contributed by atoms with E-state index in [-0.39, 0.29) is 12.4 Å². The maximum absolute atomic E-state index is 11.8. The fourth-order valence-corrected chi connectivity index (χ4v) is 2.05.